The Morgan fingerprint density at radius 3 is 2.29 bits per heavy atom. The molecule has 0 amide bonds. The average Bonchev–Trinajstić information content (AvgIpc) is 2.37. The first kappa shape index (κ1) is 16.5. The van der Waals surface area contributed by atoms with Gasteiger partial charge in [0.2, 0.25) is 6.10 Å². The van der Waals surface area contributed by atoms with E-state index in [1.807, 2.05) is 0 Å². The molecule has 0 heterocycles. The second-order valence-electron chi connectivity index (χ2n) is 4.06. The van der Waals surface area contributed by atoms with Crippen LogP contribution >= 0.6 is 0 Å². The highest BCUT2D eigenvalue weighted by Crippen LogP contribution is 2.32. The summed E-state index contributed by atoms with van der Waals surface area (Å²) in [5.74, 6) is -2.19. The molecule has 1 aromatic rings. The lowest BCUT2D eigenvalue weighted by molar-refractivity contribution is -0.163. The van der Waals surface area contributed by atoms with E-state index < -0.39 is 24.0 Å². The van der Waals surface area contributed by atoms with Crippen molar-refractivity contribution < 1.29 is 33.7 Å². The SMILES string of the molecule is CCOc1cc(C(OC(C)=O)C(=O)O)ccc1OC(C)=O. The smallest absolute Gasteiger partial charge is 0.349 e. The van der Waals surface area contributed by atoms with E-state index in [0.717, 1.165) is 6.92 Å². The molecule has 0 bridgehead atoms. The highest BCUT2D eigenvalue weighted by Gasteiger charge is 2.24. The summed E-state index contributed by atoms with van der Waals surface area (Å²) < 4.78 is 15.0. The van der Waals surface area contributed by atoms with Crippen molar-refractivity contribution in [1.29, 1.82) is 0 Å². The van der Waals surface area contributed by atoms with Crippen molar-refractivity contribution in [3.05, 3.63) is 23.8 Å². The average molecular weight is 296 g/mol. The van der Waals surface area contributed by atoms with Crippen LogP contribution in [0.4, 0.5) is 0 Å². The van der Waals surface area contributed by atoms with Crippen LogP contribution < -0.4 is 9.47 Å². The van der Waals surface area contributed by atoms with E-state index in [0.29, 0.717) is 6.61 Å². The van der Waals surface area contributed by atoms with E-state index in [2.05, 4.69) is 0 Å². The van der Waals surface area contributed by atoms with Crippen molar-refractivity contribution in [3.63, 3.8) is 0 Å². The van der Waals surface area contributed by atoms with Crippen molar-refractivity contribution >= 4 is 17.9 Å². The zero-order chi connectivity index (χ0) is 16.0. The molecule has 0 fully saturated rings. The van der Waals surface area contributed by atoms with Gasteiger partial charge in [0.15, 0.2) is 11.5 Å². The Morgan fingerprint density at radius 2 is 1.81 bits per heavy atom. The van der Waals surface area contributed by atoms with Crippen LogP contribution in [0, 0.1) is 0 Å². The largest absolute Gasteiger partial charge is 0.490 e. The van der Waals surface area contributed by atoms with Gasteiger partial charge in [0.1, 0.15) is 0 Å². The number of aliphatic carboxylic acids is 1. The molecule has 0 aliphatic carbocycles. The molecule has 114 valence electrons. The molecular weight excluding hydrogens is 280 g/mol. The van der Waals surface area contributed by atoms with Gasteiger partial charge < -0.3 is 19.3 Å². The highest BCUT2D eigenvalue weighted by molar-refractivity contribution is 5.79. The Bertz CT molecular complexity index is 550. The third-order valence-corrected chi connectivity index (χ3v) is 2.33. The molecule has 0 radical (unpaired) electrons. The molecule has 7 heteroatoms. The van der Waals surface area contributed by atoms with E-state index in [1.54, 1.807) is 6.92 Å². The Kier molecular flexibility index (Phi) is 5.71. The number of ether oxygens (including phenoxy) is 3. The van der Waals surface area contributed by atoms with Crippen molar-refractivity contribution in [2.24, 2.45) is 0 Å². The van der Waals surface area contributed by atoms with Crippen LogP contribution in [0.5, 0.6) is 11.5 Å². The zero-order valence-electron chi connectivity index (χ0n) is 11.9. The highest BCUT2D eigenvalue weighted by atomic mass is 16.6. The van der Waals surface area contributed by atoms with Crippen LogP contribution in [0.25, 0.3) is 0 Å². The topological polar surface area (TPSA) is 99.1 Å². The molecular formula is C14H16O7. The number of benzene rings is 1. The van der Waals surface area contributed by atoms with Gasteiger partial charge in [0.05, 0.1) is 6.61 Å². The number of rotatable bonds is 6. The van der Waals surface area contributed by atoms with Crippen LogP contribution in [0.15, 0.2) is 18.2 Å². The maximum atomic E-state index is 11.2. The van der Waals surface area contributed by atoms with Gasteiger partial charge >= 0.3 is 17.9 Å². The monoisotopic (exact) mass is 296 g/mol. The molecule has 1 unspecified atom stereocenters. The second-order valence-corrected chi connectivity index (χ2v) is 4.06. The number of carboxylic acids is 1. The Hall–Kier alpha value is -2.57. The van der Waals surface area contributed by atoms with E-state index >= 15 is 0 Å². The maximum Gasteiger partial charge on any atom is 0.349 e. The summed E-state index contributed by atoms with van der Waals surface area (Å²) in [5, 5.41) is 9.11. The first-order chi connectivity index (χ1) is 9.85. The maximum absolute atomic E-state index is 11.2. The fourth-order valence-electron chi connectivity index (χ4n) is 1.62. The normalized spacial score (nSPS) is 11.4. The quantitative estimate of drug-likeness (QED) is 0.630. The lowest BCUT2D eigenvalue weighted by atomic mass is 10.1. The molecule has 1 aromatic carbocycles. The van der Waals surface area contributed by atoms with Gasteiger partial charge in [-0.2, -0.15) is 0 Å². The lowest BCUT2D eigenvalue weighted by Crippen LogP contribution is -2.18. The van der Waals surface area contributed by atoms with Crippen molar-refractivity contribution in [3.8, 4) is 11.5 Å². The van der Waals surface area contributed by atoms with Gasteiger partial charge in [-0.3, -0.25) is 9.59 Å². The lowest BCUT2D eigenvalue weighted by Gasteiger charge is -2.16. The molecule has 0 spiro atoms. The summed E-state index contributed by atoms with van der Waals surface area (Å²) in [6.07, 6.45) is -1.45. The summed E-state index contributed by atoms with van der Waals surface area (Å²) in [6.45, 7) is 4.38. The third-order valence-electron chi connectivity index (χ3n) is 2.33. The number of hydrogen-bond donors (Lipinski definition) is 1. The minimum Gasteiger partial charge on any atom is -0.490 e. The van der Waals surface area contributed by atoms with Crippen LogP contribution in [0.1, 0.15) is 32.4 Å². The number of hydrogen-bond acceptors (Lipinski definition) is 6. The van der Waals surface area contributed by atoms with Gasteiger partial charge in [-0.05, 0) is 19.1 Å². The first-order valence-corrected chi connectivity index (χ1v) is 6.20. The van der Waals surface area contributed by atoms with Gasteiger partial charge in [-0.1, -0.05) is 6.07 Å². The molecule has 0 aliphatic rings. The number of carbonyl (C=O) groups is 3. The molecule has 7 nitrogen and oxygen atoms in total. The number of carbonyl (C=O) groups excluding carboxylic acids is 2. The summed E-state index contributed by atoms with van der Waals surface area (Å²) in [4.78, 5) is 33.1. The molecule has 0 aliphatic heterocycles. The van der Waals surface area contributed by atoms with Crippen LogP contribution in [-0.2, 0) is 19.1 Å². The predicted octanol–water partition coefficient (Wildman–Crippen LogP) is 1.70. The van der Waals surface area contributed by atoms with Crippen LogP contribution in [0.3, 0.4) is 0 Å². The minimum absolute atomic E-state index is 0.167. The fraction of sp³-hybridized carbons (Fsp3) is 0.357. The standard InChI is InChI=1S/C14H16O7/c1-4-19-12-7-10(5-6-11(12)20-8(2)15)13(14(17)18)21-9(3)16/h5-7,13H,4H2,1-3H3,(H,17,18). The first-order valence-electron chi connectivity index (χ1n) is 6.20. The van der Waals surface area contributed by atoms with Gasteiger partial charge in [0.25, 0.3) is 0 Å². The molecule has 1 atom stereocenters. The Balaban J connectivity index is 3.18. The zero-order valence-corrected chi connectivity index (χ0v) is 11.9. The van der Waals surface area contributed by atoms with Gasteiger partial charge in [-0.25, -0.2) is 4.79 Å². The molecule has 1 rings (SSSR count). The molecule has 0 aromatic heterocycles. The molecule has 1 N–H and O–H groups in total. The van der Waals surface area contributed by atoms with Crippen molar-refractivity contribution in [2.45, 2.75) is 26.9 Å². The fourth-order valence-corrected chi connectivity index (χ4v) is 1.62. The second kappa shape index (κ2) is 7.28. The van der Waals surface area contributed by atoms with Gasteiger partial charge in [0, 0.05) is 19.4 Å². The number of carboxylic acid groups (broad SMARTS) is 1. The molecule has 0 saturated carbocycles. The van der Waals surface area contributed by atoms with Gasteiger partial charge in [-0.15, -0.1) is 0 Å². The summed E-state index contributed by atoms with van der Waals surface area (Å²) in [7, 11) is 0. The minimum atomic E-state index is -1.45. The molecule has 0 saturated heterocycles. The number of esters is 2. The van der Waals surface area contributed by atoms with Crippen molar-refractivity contribution in [2.75, 3.05) is 6.61 Å². The van der Waals surface area contributed by atoms with E-state index in [4.69, 9.17) is 19.3 Å². The Morgan fingerprint density at radius 1 is 1.14 bits per heavy atom. The summed E-state index contributed by atoms with van der Waals surface area (Å²) >= 11 is 0. The van der Waals surface area contributed by atoms with E-state index in [1.165, 1.54) is 25.1 Å². The van der Waals surface area contributed by atoms with Crippen molar-refractivity contribution in [1.82, 2.24) is 0 Å². The van der Waals surface area contributed by atoms with Crippen LogP contribution in [0.2, 0.25) is 0 Å². The summed E-state index contributed by atoms with van der Waals surface area (Å²) in [5.41, 5.74) is 0.206. The Labute approximate surface area is 121 Å². The van der Waals surface area contributed by atoms with E-state index in [9.17, 15) is 14.4 Å². The van der Waals surface area contributed by atoms with Crippen LogP contribution in [-0.4, -0.2) is 29.6 Å². The molecule has 21 heavy (non-hydrogen) atoms. The predicted molar refractivity (Wildman–Crippen MR) is 71.1 cm³/mol. The third kappa shape index (κ3) is 4.79. The van der Waals surface area contributed by atoms with E-state index in [-0.39, 0.29) is 17.1 Å². The summed E-state index contributed by atoms with van der Waals surface area (Å²) in [6, 6.07) is 4.15.